The molecule has 126 valence electrons. The smallest absolute Gasteiger partial charge is 0.238 e. The first-order chi connectivity index (χ1) is 11.6. The summed E-state index contributed by atoms with van der Waals surface area (Å²) >= 11 is 0. The lowest BCUT2D eigenvalue weighted by molar-refractivity contribution is -0.117. The van der Waals surface area contributed by atoms with Crippen molar-refractivity contribution in [1.82, 2.24) is 4.90 Å². The predicted molar refractivity (Wildman–Crippen MR) is 89.7 cm³/mol. The minimum Gasteiger partial charge on any atom is -0.322 e. The van der Waals surface area contributed by atoms with Crippen LogP contribution in [0.15, 0.2) is 48.5 Å². The van der Waals surface area contributed by atoms with Gasteiger partial charge in [0.2, 0.25) is 5.91 Å². The van der Waals surface area contributed by atoms with Crippen LogP contribution in [0.4, 0.5) is 14.5 Å². The number of likely N-dealkylation sites (tertiary alicyclic amines) is 1. The Morgan fingerprint density at radius 1 is 1.17 bits per heavy atom. The molecule has 1 aliphatic heterocycles. The maximum atomic E-state index is 13.6. The number of carbonyl (C=O) groups excluding carboxylic acids is 1. The van der Waals surface area contributed by atoms with Gasteiger partial charge in [-0.05, 0) is 55.6 Å². The van der Waals surface area contributed by atoms with Crippen molar-refractivity contribution in [3.05, 3.63) is 65.7 Å². The summed E-state index contributed by atoms with van der Waals surface area (Å²) in [5.41, 5.74) is 1.13. The number of para-hydroxylation sites is 1. The Bertz CT molecular complexity index is 720. The van der Waals surface area contributed by atoms with Crippen LogP contribution in [0.5, 0.6) is 0 Å². The summed E-state index contributed by atoms with van der Waals surface area (Å²) in [6.45, 7) is 1.04. The van der Waals surface area contributed by atoms with Crippen molar-refractivity contribution >= 4 is 11.6 Å². The Kier molecular flexibility index (Phi) is 5.20. The first-order valence-corrected chi connectivity index (χ1v) is 8.15. The van der Waals surface area contributed by atoms with Crippen LogP contribution in [0.1, 0.15) is 18.4 Å². The molecule has 0 spiro atoms. The summed E-state index contributed by atoms with van der Waals surface area (Å²) < 4.78 is 26.9. The molecule has 1 saturated heterocycles. The fraction of sp³-hybridized carbons (Fsp3) is 0.316. The van der Waals surface area contributed by atoms with E-state index in [9.17, 15) is 13.6 Å². The van der Waals surface area contributed by atoms with Gasteiger partial charge in [0.15, 0.2) is 0 Å². The maximum absolute atomic E-state index is 13.6. The van der Waals surface area contributed by atoms with Crippen molar-refractivity contribution in [3.8, 4) is 0 Å². The Morgan fingerprint density at radius 2 is 2.00 bits per heavy atom. The largest absolute Gasteiger partial charge is 0.322 e. The third-order valence-corrected chi connectivity index (χ3v) is 4.35. The number of carbonyl (C=O) groups is 1. The molecule has 1 amide bonds. The van der Waals surface area contributed by atoms with E-state index < -0.39 is 5.82 Å². The summed E-state index contributed by atoms with van der Waals surface area (Å²) in [6.07, 6.45) is 2.70. The van der Waals surface area contributed by atoms with Crippen LogP contribution in [0.25, 0.3) is 0 Å². The van der Waals surface area contributed by atoms with Gasteiger partial charge in [-0.3, -0.25) is 9.69 Å². The monoisotopic (exact) mass is 330 g/mol. The molecule has 1 heterocycles. The van der Waals surface area contributed by atoms with E-state index in [1.165, 1.54) is 18.2 Å². The van der Waals surface area contributed by atoms with Crippen molar-refractivity contribution in [1.29, 1.82) is 0 Å². The molecular weight excluding hydrogens is 310 g/mol. The molecule has 1 fully saturated rings. The van der Waals surface area contributed by atoms with Gasteiger partial charge in [0.1, 0.15) is 11.6 Å². The molecule has 0 aromatic heterocycles. The predicted octanol–water partition coefficient (Wildman–Crippen LogP) is 3.61. The molecule has 0 saturated carbocycles. The molecule has 0 bridgehead atoms. The molecule has 5 heteroatoms. The standard InChI is InChI=1S/C19H20F2N2O/c20-15-6-3-5-14(11-15)12-16-7-4-10-23(16)13-19(24)22-18-9-2-1-8-17(18)21/h1-3,5-6,8-9,11,16H,4,7,10,12-13H2,(H,22,24). The molecule has 1 atom stereocenters. The van der Waals surface area contributed by atoms with Crippen molar-refractivity contribution in [3.63, 3.8) is 0 Å². The van der Waals surface area contributed by atoms with E-state index in [1.54, 1.807) is 24.3 Å². The summed E-state index contributed by atoms with van der Waals surface area (Å²) in [7, 11) is 0. The molecule has 1 N–H and O–H groups in total. The minimum absolute atomic E-state index is 0.198. The van der Waals surface area contributed by atoms with Crippen LogP contribution in [0.3, 0.4) is 0 Å². The second-order valence-electron chi connectivity index (χ2n) is 6.13. The summed E-state index contributed by atoms with van der Waals surface area (Å²) in [5.74, 6) is -0.913. The van der Waals surface area contributed by atoms with Crippen molar-refractivity contribution in [2.75, 3.05) is 18.4 Å². The number of anilines is 1. The van der Waals surface area contributed by atoms with Crippen LogP contribution in [-0.2, 0) is 11.2 Å². The van der Waals surface area contributed by atoms with E-state index >= 15 is 0 Å². The summed E-state index contributed by atoms with van der Waals surface area (Å²) in [5, 5.41) is 2.62. The lowest BCUT2D eigenvalue weighted by Gasteiger charge is -2.24. The quantitative estimate of drug-likeness (QED) is 0.908. The van der Waals surface area contributed by atoms with Crippen LogP contribution in [-0.4, -0.2) is 29.9 Å². The number of benzene rings is 2. The number of hydrogen-bond donors (Lipinski definition) is 1. The number of nitrogens with one attached hydrogen (secondary N) is 1. The van der Waals surface area contributed by atoms with E-state index in [1.807, 2.05) is 6.07 Å². The summed E-state index contributed by atoms with van der Waals surface area (Å²) in [6, 6.07) is 12.9. The molecule has 2 aromatic carbocycles. The third-order valence-electron chi connectivity index (χ3n) is 4.35. The zero-order chi connectivity index (χ0) is 16.9. The van der Waals surface area contributed by atoms with Crippen LogP contribution in [0, 0.1) is 11.6 Å². The van der Waals surface area contributed by atoms with Crippen molar-refractivity contribution in [2.45, 2.75) is 25.3 Å². The van der Waals surface area contributed by atoms with Gasteiger partial charge in [-0.15, -0.1) is 0 Å². The SMILES string of the molecule is O=C(CN1CCCC1Cc1cccc(F)c1)Nc1ccccc1F. The fourth-order valence-corrected chi connectivity index (χ4v) is 3.21. The highest BCUT2D eigenvalue weighted by Gasteiger charge is 2.26. The van der Waals surface area contributed by atoms with Gasteiger partial charge in [0.25, 0.3) is 0 Å². The first-order valence-electron chi connectivity index (χ1n) is 8.15. The number of hydrogen-bond acceptors (Lipinski definition) is 2. The highest BCUT2D eigenvalue weighted by Crippen LogP contribution is 2.21. The van der Waals surface area contributed by atoms with Crippen molar-refractivity contribution < 1.29 is 13.6 Å². The lowest BCUT2D eigenvalue weighted by Crippen LogP contribution is -2.38. The van der Waals surface area contributed by atoms with Gasteiger partial charge in [-0.2, -0.15) is 0 Å². The first kappa shape index (κ1) is 16.6. The number of nitrogens with zero attached hydrogens (tertiary/aromatic N) is 1. The second-order valence-corrected chi connectivity index (χ2v) is 6.13. The Balaban J connectivity index is 1.59. The van der Waals surface area contributed by atoms with Gasteiger partial charge in [-0.25, -0.2) is 8.78 Å². The van der Waals surface area contributed by atoms with E-state index in [4.69, 9.17) is 0 Å². The average Bonchev–Trinajstić information content (AvgIpc) is 2.96. The highest BCUT2D eigenvalue weighted by atomic mass is 19.1. The number of amides is 1. The van der Waals surface area contributed by atoms with E-state index in [0.29, 0.717) is 6.42 Å². The van der Waals surface area contributed by atoms with E-state index in [0.717, 1.165) is 24.9 Å². The number of rotatable bonds is 5. The topological polar surface area (TPSA) is 32.3 Å². The Morgan fingerprint density at radius 3 is 2.79 bits per heavy atom. The maximum Gasteiger partial charge on any atom is 0.238 e. The fourth-order valence-electron chi connectivity index (χ4n) is 3.21. The van der Waals surface area contributed by atoms with E-state index in [-0.39, 0.29) is 30.0 Å². The Hall–Kier alpha value is -2.27. The molecule has 0 radical (unpaired) electrons. The molecular formula is C19H20F2N2O. The second kappa shape index (κ2) is 7.53. The molecule has 1 aliphatic rings. The van der Waals surface area contributed by atoms with Gasteiger partial charge >= 0.3 is 0 Å². The molecule has 1 unspecified atom stereocenters. The highest BCUT2D eigenvalue weighted by molar-refractivity contribution is 5.92. The average molecular weight is 330 g/mol. The van der Waals surface area contributed by atoms with Crippen LogP contribution >= 0.6 is 0 Å². The molecule has 0 aliphatic carbocycles. The Labute approximate surface area is 140 Å². The van der Waals surface area contributed by atoms with Crippen LogP contribution < -0.4 is 5.32 Å². The minimum atomic E-state index is -0.441. The summed E-state index contributed by atoms with van der Waals surface area (Å²) in [4.78, 5) is 14.3. The molecule has 24 heavy (non-hydrogen) atoms. The van der Waals surface area contributed by atoms with Crippen molar-refractivity contribution in [2.24, 2.45) is 0 Å². The van der Waals surface area contributed by atoms with Crippen LogP contribution in [0.2, 0.25) is 0 Å². The molecule has 2 aromatic rings. The zero-order valence-corrected chi connectivity index (χ0v) is 13.3. The lowest BCUT2D eigenvalue weighted by atomic mass is 10.0. The van der Waals surface area contributed by atoms with Gasteiger partial charge < -0.3 is 5.32 Å². The zero-order valence-electron chi connectivity index (χ0n) is 13.3. The molecule has 3 rings (SSSR count). The number of halogens is 2. The third kappa shape index (κ3) is 4.17. The van der Waals surface area contributed by atoms with Gasteiger partial charge in [0, 0.05) is 6.04 Å². The van der Waals surface area contributed by atoms with E-state index in [2.05, 4.69) is 10.2 Å². The molecule has 3 nitrogen and oxygen atoms in total. The van der Waals surface area contributed by atoms with Gasteiger partial charge in [0.05, 0.1) is 12.2 Å². The normalized spacial score (nSPS) is 17.8. The van der Waals surface area contributed by atoms with Gasteiger partial charge in [-0.1, -0.05) is 24.3 Å².